The van der Waals surface area contributed by atoms with Crippen molar-refractivity contribution in [3.05, 3.63) is 40.7 Å². The molecular formula is C18H23N3O3S2. The van der Waals surface area contributed by atoms with Crippen LogP contribution in [0.1, 0.15) is 30.2 Å². The maximum Gasteiger partial charge on any atom is 0.244 e. The summed E-state index contributed by atoms with van der Waals surface area (Å²) in [6.07, 6.45) is 4.51. The molecule has 0 bridgehead atoms. The molecule has 1 atom stereocenters. The fourth-order valence-corrected chi connectivity index (χ4v) is 5.70. The molecule has 8 heteroatoms. The Hall–Kier alpha value is -1.48. The number of thiophene rings is 1. The Kier molecular flexibility index (Phi) is 5.26. The van der Waals surface area contributed by atoms with Crippen molar-refractivity contribution in [2.45, 2.75) is 30.3 Å². The van der Waals surface area contributed by atoms with Crippen LogP contribution in [0, 0.1) is 0 Å². The first-order chi connectivity index (χ1) is 12.6. The molecule has 4 heterocycles. The summed E-state index contributed by atoms with van der Waals surface area (Å²) in [6, 6.07) is 7.61. The monoisotopic (exact) mass is 393 g/mol. The van der Waals surface area contributed by atoms with Gasteiger partial charge >= 0.3 is 0 Å². The fraction of sp³-hybridized carbons (Fsp3) is 0.500. The van der Waals surface area contributed by atoms with Crippen molar-refractivity contribution in [1.82, 2.24) is 9.29 Å². The number of aromatic nitrogens is 1. The molecule has 0 aromatic carbocycles. The SMILES string of the molecule is O=S(=O)(c1ccc(N2CCOC(c3cccs3)C2)nc1)N1CCCCC1. The minimum absolute atomic E-state index is 0.0438. The van der Waals surface area contributed by atoms with Crippen molar-refractivity contribution in [3.63, 3.8) is 0 Å². The van der Waals surface area contributed by atoms with Crippen LogP contribution >= 0.6 is 11.3 Å². The number of anilines is 1. The van der Waals surface area contributed by atoms with Crippen LogP contribution in [-0.2, 0) is 14.8 Å². The van der Waals surface area contributed by atoms with Crippen molar-refractivity contribution in [2.75, 3.05) is 37.7 Å². The van der Waals surface area contributed by atoms with Crippen LogP contribution in [0.2, 0.25) is 0 Å². The van der Waals surface area contributed by atoms with Gasteiger partial charge in [-0.2, -0.15) is 4.31 Å². The van der Waals surface area contributed by atoms with E-state index in [-0.39, 0.29) is 11.0 Å². The molecule has 0 radical (unpaired) electrons. The van der Waals surface area contributed by atoms with E-state index in [1.807, 2.05) is 12.1 Å². The number of piperidine rings is 1. The van der Waals surface area contributed by atoms with E-state index in [9.17, 15) is 8.42 Å². The summed E-state index contributed by atoms with van der Waals surface area (Å²) in [5.41, 5.74) is 0. The molecule has 0 N–H and O–H groups in total. The molecule has 0 amide bonds. The molecule has 2 saturated heterocycles. The third kappa shape index (κ3) is 3.64. The van der Waals surface area contributed by atoms with E-state index in [4.69, 9.17) is 4.74 Å². The number of ether oxygens (including phenoxy) is 1. The van der Waals surface area contributed by atoms with E-state index >= 15 is 0 Å². The maximum absolute atomic E-state index is 12.7. The van der Waals surface area contributed by atoms with Crippen LogP contribution in [0.3, 0.4) is 0 Å². The minimum atomic E-state index is -3.43. The highest BCUT2D eigenvalue weighted by molar-refractivity contribution is 7.89. The van der Waals surface area contributed by atoms with Crippen molar-refractivity contribution >= 4 is 27.2 Å². The van der Waals surface area contributed by atoms with E-state index in [1.165, 1.54) is 11.1 Å². The van der Waals surface area contributed by atoms with Crippen LogP contribution in [0.25, 0.3) is 0 Å². The number of pyridine rings is 1. The van der Waals surface area contributed by atoms with E-state index in [1.54, 1.807) is 21.7 Å². The van der Waals surface area contributed by atoms with Gasteiger partial charge in [0.2, 0.25) is 10.0 Å². The van der Waals surface area contributed by atoms with Gasteiger partial charge in [-0.3, -0.25) is 0 Å². The number of rotatable bonds is 4. The van der Waals surface area contributed by atoms with Gasteiger partial charge < -0.3 is 9.64 Å². The normalized spacial score (nSPS) is 22.5. The molecule has 0 saturated carbocycles. The van der Waals surface area contributed by atoms with E-state index < -0.39 is 10.0 Å². The largest absolute Gasteiger partial charge is 0.369 e. The van der Waals surface area contributed by atoms with Gasteiger partial charge in [-0.1, -0.05) is 12.5 Å². The zero-order valence-corrected chi connectivity index (χ0v) is 16.2. The number of nitrogens with zero attached hydrogens (tertiary/aromatic N) is 3. The minimum Gasteiger partial charge on any atom is -0.369 e. The lowest BCUT2D eigenvalue weighted by Crippen LogP contribution is -2.38. The number of sulfonamides is 1. The van der Waals surface area contributed by atoms with Crippen LogP contribution in [-0.4, -0.2) is 50.5 Å². The Morgan fingerprint density at radius 1 is 1.12 bits per heavy atom. The third-order valence-corrected chi connectivity index (χ3v) is 7.77. The zero-order valence-electron chi connectivity index (χ0n) is 14.6. The molecule has 2 aliphatic rings. The van der Waals surface area contributed by atoms with Gasteiger partial charge in [0.05, 0.1) is 13.2 Å². The molecule has 1 unspecified atom stereocenters. The first kappa shape index (κ1) is 17.9. The molecule has 2 aromatic rings. The fourth-order valence-electron chi connectivity index (χ4n) is 3.47. The van der Waals surface area contributed by atoms with Crippen LogP contribution in [0.4, 0.5) is 5.82 Å². The Bertz CT molecular complexity index is 816. The molecule has 26 heavy (non-hydrogen) atoms. The zero-order chi connectivity index (χ0) is 18.0. The number of hydrogen-bond donors (Lipinski definition) is 0. The average Bonchev–Trinajstić information content (AvgIpc) is 3.24. The van der Waals surface area contributed by atoms with E-state index in [0.29, 0.717) is 19.7 Å². The molecule has 4 rings (SSSR count). The Labute approximate surface area is 158 Å². The lowest BCUT2D eigenvalue weighted by molar-refractivity contribution is 0.0418. The van der Waals surface area contributed by atoms with Crippen LogP contribution in [0.5, 0.6) is 0 Å². The third-order valence-electron chi connectivity index (χ3n) is 4.92. The van der Waals surface area contributed by atoms with Gasteiger partial charge in [0, 0.05) is 30.7 Å². The summed E-state index contributed by atoms with van der Waals surface area (Å²) < 4.78 is 32.9. The van der Waals surface area contributed by atoms with Gasteiger partial charge in [-0.15, -0.1) is 11.3 Å². The van der Waals surface area contributed by atoms with Crippen molar-refractivity contribution in [3.8, 4) is 0 Å². The highest BCUT2D eigenvalue weighted by Crippen LogP contribution is 2.28. The topological polar surface area (TPSA) is 62.7 Å². The van der Waals surface area contributed by atoms with Gasteiger partial charge in [-0.25, -0.2) is 13.4 Å². The van der Waals surface area contributed by atoms with Crippen LogP contribution in [0.15, 0.2) is 40.7 Å². The quantitative estimate of drug-likeness (QED) is 0.799. The van der Waals surface area contributed by atoms with E-state index in [2.05, 4.69) is 21.3 Å². The standard InChI is InChI=1S/C18H23N3O3S2/c22-26(23,21-8-2-1-3-9-21)15-6-7-18(19-13-15)20-10-11-24-16(14-20)17-5-4-12-25-17/h4-7,12-13,16H,1-3,8-11,14H2. The summed E-state index contributed by atoms with van der Waals surface area (Å²) in [4.78, 5) is 8.10. The predicted octanol–water partition coefficient (Wildman–Crippen LogP) is 2.90. The highest BCUT2D eigenvalue weighted by Gasteiger charge is 2.27. The summed E-state index contributed by atoms with van der Waals surface area (Å²) in [5, 5.41) is 2.05. The summed E-state index contributed by atoms with van der Waals surface area (Å²) in [6.45, 7) is 3.34. The van der Waals surface area contributed by atoms with Crippen LogP contribution < -0.4 is 4.90 Å². The number of hydrogen-bond acceptors (Lipinski definition) is 6. The first-order valence-corrected chi connectivity index (χ1v) is 11.3. The molecule has 0 spiro atoms. The predicted molar refractivity (Wildman–Crippen MR) is 102 cm³/mol. The van der Waals surface area contributed by atoms with Gasteiger partial charge in [0.1, 0.15) is 16.8 Å². The summed E-state index contributed by atoms with van der Waals surface area (Å²) in [5.74, 6) is 0.799. The summed E-state index contributed by atoms with van der Waals surface area (Å²) >= 11 is 1.69. The molecule has 2 aromatic heterocycles. The second-order valence-electron chi connectivity index (χ2n) is 6.64. The van der Waals surface area contributed by atoms with Crippen molar-refractivity contribution < 1.29 is 13.2 Å². The second kappa shape index (κ2) is 7.64. The Morgan fingerprint density at radius 3 is 2.65 bits per heavy atom. The van der Waals surface area contributed by atoms with Gasteiger partial charge in [0.25, 0.3) is 0 Å². The smallest absolute Gasteiger partial charge is 0.244 e. The number of morpholine rings is 1. The average molecular weight is 394 g/mol. The lowest BCUT2D eigenvalue weighted by Gasteiger charge is -2.33. The Morgan fingerprint density at radius 2 is 1.96 bits per heavy atom. The molecule has 2 aliphatic heterocycles. The molecule has 140 valence electrons. The van der Waals surface area contributed by atoms with E-state index in [0.717, 1.165) is 38.2 Å². The molecule has 0 aliphatic carbocycles. The molecular weight excluding hydrogens is 370 g/mol. The van der Waals surface area contributed by atoms with Crippen molar-refractivity contribution in [2.24, 2.45) is 0 Å². The second-order valence-corrected chi connectivity index (χ2v) is 9.55. The Balaban J connectivity index is 1.48. The van der Waals surface area contributed by atoms with Gasteiger partial charge in [0.15, 0.2) is 0 Å². The molecule has 2 fully saturated rings. The lowest BCUT2D eigenvalue weighted by atomic mass is 10.2. The first-order valence-electron chi connectivity index (χ1n) is 9.01. The van der Waals surface area contributed by atoms with Gasteiger partial charge in [-0.05, 0) is 36.4 Å². The molecule has 6 nitrogen and oxygen atoms in total. The maximum atomic E-state index is 12.7. The van der Waals surface area contributed by atoms with Crippen molar-refractivity contribution in [1.29, 1.82) is 0 Å². The summed E-state index contributed by atoms with van der Waals surface area (Å²) in [7, 11) is -3.43. The highest BCUT2D eigenvalue weighted by atomic mass is 32.2.